The van der Waals surface area contributed by atoms with Crippen LogP contribution in [0.1, 0.15) is 12.8 Å². The van der Waals surface area contributed by atoms with Gasteiger partial charge in [-0.3, -0.25) is 10.7 Å². The average molecular weight is 225 g/mol. The summed E-state index contributed by atoms with van der Waals surface area (Å²) in [6, 6.07) is 0. The number of amidine groups is 1. The van der Waals surface area contributed by atoms with Crippen LogP contribution in [-0.2, 0) is 4.74 Å². The lowest BCUT2D eigenvalue weighted by Crippen LogP contribution is -2.33. The van der Waals surface area contributed by atoms with Crippen molar-refractivity contribution in [3.63, 3.8) is 0 Å². The first kappa shape index (κ1) is 11.1. The van der Waals surface area contributed by atoms with Crippen LogP contribution < -0.4 is 5.48 Å². The molecule has 2 rings (SSSR count). The Hall–Kier alpha value is -1.37. The quantitative estimate of drug-likeness (QED) is 0.584. The van der Waals surface area contributed by atoms with Crippen LogP contribution >= 0.6 is 0 Å². The number of aliphatic imine (C=N–C) groups is 1. The number of nitrogens with zero attached hydrogens (tertiary/aromatic N) is 2. The monoisotopic (exact) mass is 225 g/mol. The zero-order valence-corrected chi connectivity index (χ0v) is 8.83. The lowest BCUT2D eigenvalue weighted by atomic mass is 10.2. The second kappa shape index (κ2) is 4.65. The van der Waals surface area contributed by atoms with Gasteiger partial charge in [0.15, 0.2) is 5.84 Å². The average Bonchev–Trinajstić information content (AvgIpc) is 2.77. The van der Waals surface area contributed by atoms with E-state index < -0.39 is 0 Å². The first-order valence-electron chi connectivity index (χ1n) is 5.15. The molecule has 1 fully saturated rings. The van der Waals surface area contributed by atoms with Crippen molar-refractivity contribution in [2.24, 2.45) is 4.99 Å². The Labute approximate surface area is 93.5 Å². The molecule has 6 heteroatoms. The number of hydrogen-bond donors (Lipinski definition) is 3. The lowest BCUT2D eigenvalue weighted by molar-refractivity contribution is -0.0397. The molecule has 0 aromatic carbocycles. The van der Waals surface area contributed by atoms with Crippen molar-refractivity contribution in [2.75, 3.05) is 6.61 Å². The molecule has 3 N–H and O–H groups in total. The number of aliphatic hydroxyl groups excluding tert-OH is 1. The highest BCUT2D eigenvalue weighted by atomic mass is 16.5. The first-order chi connectivity index (χ1) is 7.74. The van der Waals surface area contributed by atoms with Crippen LogP contribution in [0.3, 0.4) is 0 Å². The van der Waals surface area contributed by atoms with E-state index in [0.29, 0.717) is 11.7 Å². The zero-order chi connectivity index (χ0) is 11.5. The SMILES string of the molecule is C=C1N=C(NO)C=CN1C1CCC(CO)O1. The molecule has 0 amide bonds. The number of nitrogens with one attached hydrogen (secondary N) is 1. The largest absolute Gasteiger partial charge is 0.394 e. The maximum Gasteiger partial charge on any atom is 0.153 e. The van der Waals surface area contributed by atoms with Crippen molar-refractivity contribution < 1.29 is 15.1 Å². The van der Waals surface area contributed by atoms with Crippen LogP contribution in [0.25, 0.3) is 0 Å². The summed E-state index contributed by atoms with van der Waals surface area (Å²) in [5.74, 6) is 0.848. The summed E-state index contributed by atoms with van der Waals surface area (Å²) in [7, 11) is 0. The minimum absolute atomic E-state index is 0.0350. The molecule has 0 radical (unpaired) electrons. The second-order valence-corrected chi connectivity index (χ2v) is 3.72. The number of aliphatic hydroxyl groups is 1. The minimum Gasteiger partial charge on any atom is -0.394 e. The third kappa shape index (κ3) is 2.08. The van der Waals surface area contributed by atoms with Gasteiger partial charge in [-0.2, -0.15) is 0 Å². The van der Waals surface area contributed by atoms with E-state index in [4.69, 9.17) is 15.1 Å². The van der Waals surface area contributed by atoms with Gasteiger partial charge in [0.2, 0.25) is 0 Å². The smallest absolute Gasteiger partial charge is 0.153 e. The van der Waals surface area contributed by atoms with Crippen LogP contribution in [0.5, 0.6) is 0 Å². The third-order valence-corrected chi connectivity index (χ3v) is 2.65. The summed E-state index contributed by atoms with van der Waals surface area (Å²) >= 11 is 0. The van der Waals surface area contributed by atoms with Crippen LogP contribution in [0.2, 0.25) is 0 Å². The summed E-state index contributed by atoms with van der Waals surface area (Å²) in [5, 5.41) is 17.7. The Balaban J connectivity index is 2.00. The van der Waals surface area contributed by atoms with Gasteiger partial charge in [0, 0.05) is 6.20 Å². The molecule has 6 nitrogen and oxygen atoms in total. The van der Waals surface area contributed by atoms with Crippen LogP contribution in [0.15, 0.2) is 29.7 Å². The van der Waals surface area contributed by atoms with Crippen molar-refractivity contribution in [2.45, 2.75) is 25.2 Å². The van der Waals surface area contributed by atoms with Crippen molar-refractivity contribution in [1.82, 2.24) is 10.4 Å². The molecule has 88 valence electrons. The van der Waals surface area contributed by atoms with Gasteiger partial charge in [0.25, 0.3) is 0 Å². The molecule has 0 aromatic heterocycles. The molecule has 2 aliphatic rings. The predicted molar refractivity (Wildman–Crippen MR) is 57.5 cm³/mol. The Kier molecular flexibility index (Phi) is 3.23. The van der Waals surface area contributed by atoms with Crippen LogP contribution in [0, 0.1) is 0 Å². The number of hydroxylamine groups is 1. The highest BCUT2D eigenvalue weighted by molar-refractivity contribution is 5.93. The maximum atomic E-state index is 8.97. The fourth-order valence-corrected chi connectivity index (χ4v) is 1.82. The van der Waals surface area contributed by atoms with E-state index in [-0.39, 0.29) is 18.9 Å². The molecule has 0 spiro atoms. The summed E-state index contributed by atoms with van der Waals surface area (Å²) < 4.78 is 5.60. The van der Waals surface area contributed by atoms with E-state index in [9.17, 15) is 0 Å². The molecule has 2 heterocycles. The van der Waals surface area contributed by atoms with Gasteiger partial charge in [-0.05, 0) is 18.9 Å². The molecular formula is C10H15N3O3. The molecule has 0 aromatic rings. The Bertz CT molecular complexity index is 340. The van der Waals surface area contributed by atoms with E-state index in [2.05, 4.69) is 11.6 Å². The number of ether oxygens (including phenoxy) is 1. The van der Waals surface area contributed by atoms with Gasteiger partial charge >= 0.3 is 0 Å². The molecule has 0 aliphatic carbocycles. The van der Waals surface area contributed by atoms with Crippen molar-refractivity contribution >= 4 is 5.84 Å². The molecule has 0 bridgehead atoms. The Morgan fingerprint density at radius 1 is 1.62 bits per heavy atom. The number of rotatable bonds is 2. The second-order valence-electron chi connectivity index (χ2n) is 3.72. The van der Waals surface area contributed by atoms with Gasteiger partial charge in [-0.25, -0.2) is 4.99 Å². The van der Waals surface area contributed by atoms with Gasteiger partial charge in [0.1, 0.15) is 12.0 Å². The van der Waals surface area contributed by atoms with Crippen LogP contribution in [-0.4, -0.2) is 40.0 Å². The molecule has 2 unspecified atom stereocenters. The summed E-state index contributed by atoms with van der Waals surface area (Å²) in [6.45, 7) is 3.82. The zero-order valence-electron chi connectivity index (χ0n) is 8.83. The fraction of sp³-hybridized carbons (Fsp3) is 0.500. The van der Waals surface area contributed by atoms with E-state index in [1.54, 1.807) is 17.2 Å². The predicted octanol–water partition coefficient (Wildman–Crippen LogP) is 0.162. The van der Waals surface area contributed by atoms with Gasteiger partial charge in [-0.15, -0.1) is 0 Å². The maximum absolute atomic E-state index is 8.97. The summed E-state index contributed by atoms with van der Waals surface area (Å²) in [5.41, 5.74) is 1.96. The summed E-state index contributed by atoms with van der Waals surface area (Å²) in [4.78, 5) is 5.82. The molecule has 2 aliphatic heterocycles. The molecule has 0 saturated carbocycles. The van der Waals surface area contributed by atoms with E-state index >= 15 is 0 Å². The topological polar surface area (TPSA) is 77.3 Å². The standard InChI is InChI=1S/C10H15N3O3/c1-7-11-9(12-15)4-5-13(7)10-3-2-8(6-14)16-10/h4-5,8,10,14-15H,1-3,6H2,(H,11,12). The van der Waals surface area contributed by atoms with E-state index in [0.717, 1.165) is 12.8 Å². The van der Waals surface area contributed by atoms with Crippen molar-refractivity contribution in [1.29, 1.82) is 0 Å². The van der Waals surface area contributed by atoms with Crippen LogP contribution in [0.4, 0.5) is 0 Å². The first-order valence-corrected chi connectivity index (χ1v) is 5.15. The third-order valence-electron chi connectivity index (χ3n) is 2.65. The van der Waals surface area contributed by atoms with E-state index in [1.807, 2.05) is 5.48 Å². The lowest BCUT2D eigenvalue weighted by Gasteiger charge is -2.29. The summed E-state index contributed by atoms with van der Waals surface area (Å²) in [6.07, 6.45) is 4.79. The highest BCUT2D eigenvalue weighted by Gasteiger charge is 2.30. The molecule has 1 saturated heterocycles. The molecular weight excluding hydrogens is 210 g/mol. The van der Waals surface area contributed by atoms with Gasteiger partial charge in [0.05, 0.1) is 12.7 Å². The Morgan fingerprint density at radius 2 is 2.44 bits per heavy atom. The normalized spacial score (nSPS) is 29.5. The van der Waals surface area contributed by atoms with Gasteiger partial charge in [-0.1, -0.05) is 6.58 Å². The Morgan fingerprint density at radius 3 is 3.00 bits per heavy atom. The molecule has 2 atom stereocenters. The van der Waals surface area contributed by atoms with Gasteiger partial charge < -0.3 is 14.7 Å². The van der Waals surface area contributed by atoms with Crippen molar-refractivity contribution in [3.05, 3.63) is 24.7 Å². The fourth-order valence-electron chi connectivity index (χ4n) is 1.82. The van der Waals surface area contributed by atoms with Crippen molar-refractivity contribution in [3.8, 4) is 0 Å². The van der Waals surface area contributed by atoms with E-state index in [1.165, 1.54) is 0 Å². The number of hydrogen-bond acceptors (Lipinski definition) is 6. The molecule has 16 heavy (non-hydrogen) atoms. The minimum atomic E-state index is -0.134. The highest BCUT2D eigenvalue weighted by Crippen LogP contribution is 2.26.